The Hall–Kier alpha value is -3.04. The molecular weight excluding hydrogens is 424 g/mol. The van der Waals surface area contributed by atoms with Crippen LogP contribution in [0.3, 0.4) is 0 Å². The van der Waals surface area contributed by atoms with E-state index >= 15 is 0 Å². The van der Waals surface area contributed by atoms with Crippen LogP contribution in [0.5, 0.6) is 5.75 Å². The number of carbonyl (C=O) groups excluding carboxylic acids is 2. The number of furan rings is 1. The molecule has 0 N–H and O–H groups in total. The van der Waals surface area contributed by atoms with Gasteiger partial charge in [-0.1, -0.05) is 23.5 Å². The van der Waals surface area contributed by atoms with Crippen molar-refractivity contribution in [2.24, 2.45) is 4.99 Å². The Bertz CT molecular complexity index is 1330. The zero-order valence-electron chi connectivity index (χ0n) is 16.5. The number of thiazole rings is 1. The molecule has 0 radical (unpaired) electrons. The molecule has 0 bridgehead atoms. The fraction of sp³-hybridized carbons (Fsp3) is 0.190. The summed E-state index contributed by atoms with van der Waals surface area (Å²) in [5.74, 6) is -0.324. The number of para-hydroxylation sites is 1. The van der Waals surface area contributed by atoms with E-state index in [1.165, 1.54) is 18.4 Å². The van der Waals surface area contributed by atoms with Crippen LogP contribution >= 0.6 is 23.1 Å². The van der Waals surface area contributed by atoms with Gasteiger partial charge in [-0.15, -0.1) is 11.8 Å². The molecule has 0 atom stereocenters. The summed E-state index contributed by atoms with van der Waals surface area (Å²) in [6.07, 6.45) is 1.99. The second-order valence-corrected chi connectivity index (χ2v) is 8.18. The van der Waals surface area contributed by atoms with Gasteiger partial charge in [0.05, 0.1) is 24.4 Å². The molecule has 154 valence electrons. The third-order valence-corrected chi connectivity index (χ3v) is 6.31. The number of nitrogens with zero attached hydrogens (tertiary/aromatic N) is 2. The molecule has 0 saturated carbocycles. The van der Waals surface area contributed by atoms with Crippen LogP contribution in [0.2, 0.25) is 0 Å². The average molecular weight is 443 g/mol. The Morgan fingerprint density at radius 3 is 2.77 bits per heavy atom. The summed E-state index contributed by atoms with van der Waals surface area (Å²) in [6, 6.07) is 12.9. The first-order valence-electron chi connectivity index (χ1n) is 8.94. The fourth-order valence-corrected chi connectivity index (χ4v) is 4.64. The van der Waals surface area contributed by atoms with Crippen molar-refractivity contribution in [2.45, 2.75) is 11.4 Å². The lowest BCUT2D eigenvalue weighted by atomic mass is 10.2. The van der Waals surface area contributed by atoms with Crippen molar-refractivity contribution < 1.29 is 23.5 Å². The van der Waals surface area contributed by atoms with E-state index in [-0.39, 0.29) is 12.3 Å². The van der Waals surface area contributed by atoms with Crippen molar-refractivity contribution >= 4 is 56.2 Å². The van der Waals surface area contributed by atoms with E-state index in [0.29, 0.717) is 16.1 Å². The first-order chi connectivity index (χ1) is 14.5. The quantitative estimate of drug-likeness (QED) is 0.342. The number of fused-ring (bicyclic) bond motifs is 2. The minimum absolute atomic E-state index is 0.0464. The van der Waals surface area contributed by atoms with E-state index < -0.39 is 11.9 Å². The maximum Gasteiger partial charge on any atom is 0.325 e. The van der Waals surface area contributed by atoms with Gasteiger partial charge < -0.3 is 18.5 Å². The lowest BCUT2D eigenvalue weighted by Gasteiger charge is -2.04. The monoisotopic (exact) mass is 442 g/mol. The molecule has 2 heterocycles. The molecule has 7 nitrogen and oxygen atoms in total. The number of rotatable bonds is 5. The van der Waals surface area contributed by atoms with Crippen LogP contribution in [0.4, 0.5) is 0 Å². The van der Waals surface area contributed by atoms with Crippen molar-refractivity contribution in [3.8, 4) is 5.75 Å². The van der Waals surface area contributed by atoms with Crippen LogP contribution in [0.1, 0.15) is 10.6 Å². The molecule has 30 heavy (non-hydrogen) atoms. The Balaban J connectivity index is 1.83. The standard InChI is InChI=1S/C21H18N2O5S2/c1-26-15-6-4-5-12-9-16(28-19(12)15)20(25)22-21-23(11-18(24)27-2)14-8-7-13(29-3)10-17(14)30-21/h4-10H,11H2,1-3H3. The topological polar surface area (TPSA) is 83.0 Å². The molecule has 4 rings (SSSR count). The number of amides is 1. The lowest BCUT2D eigenvalue weighted by molar-refractivity contribution is -0.141. The van der Waals surface area contributed by atoms with E-state index in [1.807, 2.05) is 36.6 Å². The summed E-state index contributed by atoms with van der Waals surface area (Å²) in [7, 11) is 2.87. The van der Waals surface area contributed by atoms with Gasteiger partial charge >= 0.3 is 11.9 Å². The molecule has 0 fully saturated rings. The van der Waals surface area contributed by atoms with Crippen molar-refractivity contribution in [3.05, 3.63) is 53.0 Å². The van der Waals surface area contributed by atoms with E-state index in [1.54, 1.807) is 35.6 Å². The van der Waals surface area contributed by atoms with Crippen LogP contribution in [-0.2, 0) is 16.1 Å². The van der Waals surface area contributed by atoms with Crippen molar-refractivity contribution in [1.82, 2.24) is 4.57 Å². The predicted octanol–water partition coefficient (Wildman–Crippen LogP) is 4.09. The molecule has 1 amide bonds. The molecule has 0 aliphatic rings. The number of esters is 1. The normalized spacial score (nSPS) is 11.9. The van der Waals surface area contributed by atoms with Gasteiger partial charge in [0.2, 0.25) is 0 Å². The Labute approximate surface area is 179 Å². The number of aromatic nitrogens is 1. The van der Waals surface area contributed by atoms with Crippen LogP contribution in [-0.4, -0.2) is 36.9 Å². The summed E-state index contributed by atoms with van der Waals surface area (Å²) >= 11 is 2.95. The summed E-state index contributed by atoms with van der Waals surface area (Å²) < 4.78 is 18.4. The van der Waals surface area contributed by atoms with Crippen LogP contribution in [0.25, 0.3) is 21.2 Å². The number of thioether (sulfide) groups is 1. The number of hydrogen-bond acceptors (Lipinski definition) is 7. The summed E-state index contributed by atoms with van der Waals surface area (Å²) in [5.41, 5.74) is 1.29. The highest BCUT2D eigenvalue weighted by Gasteiger charge is 2.17. The van der Waals surface area contributed by atoms with Gasteiger partial charge in [0.1, 0.15) is 6.54 Å². The molecule has 0 aliphatic heterocycles. The largest absolute Gasteiger partial charge is 0.493 e. The molecule has 0 saturated heterocycles. The first kappa shape index (κ1) is 20.2. The number of benzene rings is 2. The van der Waals surface area contributed by atoms with Gasteiger partial charge in [-0.3, -0.25) is 9.59 Å². The highest BCUT2D eigenvalue weighted by atomic mass is 32.2. The number of carbonyl (C=O) groups is 2. The first-order valence-corrected chi connectivity index (χ1v) is 11.0. The molecule has 0 unspecified atom stereocenters. The van der Waals surface area contributed by atoms with E-state index in [0.717, 1.165) is 20.5 Å². The minimum atomic E-state index is -0.538. The third-order valence-electron chi connectivity index (χ3n) is 4.54. The Kier molecular flexibility index (Phi) is 5.65. The molecule has 9 heteroatoms. The summed E-state index contributed by atoms with van der Waals surface area (Å²) in [6.45, 7) is -0.0464. The maximum absolute atomic E-state index is 12.9. The third kappa shape index (κ3) is 3.73. The number of hydrogen-bond donors (Lipinski definition) is 0. The van der Waals surface area contributed by atoms with Crippen molar-refractivity contribution in [1.29, 1.82) is 0 Å². The van der Waals surface area contributed by atoms with Gasteiger partial charge in [-0.05, 0) is 36.6 Å². The molecule has 0 aliphatic carbocycles. The summed E-state index contributed by atoms with van der Waals surface area (Å²) in [4.78, 5) is 30.5. The number of ether oxygens (including phenoxy) is 2. The lowest BCUT2D eigenvalue weighted by Crippen LogP contribution is -2.22. The smallest absolute Gasteiger partial charge is 0.325 e. The molecule has 2 aromatic heterocycles. The fourth-order valence-electron chi connectivity index (χ4n) is 3.06. The van der Waals surface area contributed by atoms with E-state index in [9.17, 15) is 9.59 Å². The highest BCUT2D eigenvalue weighted by molar-refractivity contribution is 7.98. The molecular formula is C21H18N2O5S2. The van der Waals surface area contributed by atoms with Gasteiger partial charge in [0, 0.05) is 10.3 Å². The van der Waals surface area contributed by atoms with Crippen LogP contribution in [0, 0.1) is 0 Å². The van der Waals surface area contributed by atoms with Crippen LogP contribution < -0.4 is 9.54 Å². The van der Waals surface area contributed by atoms with Gasteiger partial charge in [0.25, 0.3) is 0 Å². The van der Waals surface area contributed by atoms with E-state index in [4.69, 9.17) is 13.9 Å². The molecule has 4 aromatic rings. The zero-order valence-corrected chi connectivity index (χ0v) is 18.1. The van der Waals surface area contributed by atoms with Crippen LogP contribution in [0.15, 0.2) is 56.8 Å². The highest BCUT2D eigenvalue weighted by Crippen LogP contribution is 2.29. The van der Waals surface area contributed by atoms with Crippen molar-refractivity contribution in [3.63, 3.8) is 0 Å². The average Bonchev–Trinajstić information content (AvgIpc) is 3.34. The van der Waals surface area contributed by atoms with Gasteiger partial charge in [0.15, 0.2) is 21.9 Å². The van der Waals surface area contributed by atoms with Gasteiger partial charge in [-0.2, -0.15) is 4.99 Å². The second-order valence-electron chi connectivity index (χ2n) is 6.29. The van der Waals surface area contributed by atoms with Gasteiger partial charge in [-0.25, -0.2) is 0 Å². The predicted molar refractivity (Wildman–Crippen MR) is 116 cm³/mol. The van der Waals surface area contributed by atoms with Crippen molar-refractivity contribution in [2.75, 3.05) is 20.5 Å². The second kappa shape index (κ2) is 8.37. The minimum Gasteiger partial charge on any atom is -0.493 e. The SMILES string of the molecule is COC(=O)Cn1c(=NC(=O)c2cc3cccc(OC)c3o2)sc2cc(SC)ccc21. The molecule has 2 aromatic carbocycles. The van der Waals surface area contributed by atoms with E-state index in [2.05, 4.69) is 4.99 Å². The number of methoxy groups -OCH3 is 2. The zero-order chi connectivity index (χ0) is 21.3. The summed E-state index contributed by atoms with van der Waals surface area (Å²) in [5, 5.41) is 0.747. The maximum atomic E-state index is 12.9. The Morgan fingerprint density at radius 2 is 2.03 bits per heavy atom. The molecule has 0 spiro atoms. The Morgan fingerprint density at radius 1 is 1.20 bits per heavy atom.